The molecular weight excluding hydrogens is 264 g/mol. The molecular formula is C15H22N6. The summed E-state index contributed by atoms with van der Waals surface area (Å²) in [7, 11) is 0. The highest BCUT2D eigenvalue weighted by molar-refractivity contribution is 5.83. The van der Waals surface area contributed by atoms with Gasteiger partial charge in [0.1, 0.15) is 5.52 Å². The van der Waals surface area contributed by atoms with Gasteiger partial charge < -0.3 is 15.6 Å². The van der Waals surface area contributed by atoms with Gasteiger partial charge in [-0.1, -0.05) is 6.92 Å². The van der Waals surface area contributed by atoms with Crippen molar-refractivity contribution in [3.63, 3.8) is 0 Å². The molecule has 4 rings (SSSR count). The fourth-order valence-corrected chi connectivity index (χ4v) is 2.94. The summed E-state index contributed by atoms with van der Waals surface area (Å²) in [4.78, 5) is 16.6. The molecule has 0 spiro atoms. The maximum Gasteiger partial charge on any atom is 0.226 e. The Morgan fingerprint density at radius 1 is 1.24 bits per heavy atom. The smallest absolute Gasteiger partial charge is 0.226 e. The quantitative estimate of drug-likeness (QED) is 0.729. The maximum absolute atomic E-state index is 4.67. The van der Waals surface area contributed by atoms with Crippen LogP contribution in [-0.4, -0.2) is 32.5 Å². The normalized spacial score (nSPS) is 18.4. The van der Waals surface area contributed by atoms with Crippen LogP contribution in [-0.2, 0) is 0 Å². The van der Waals surface area contributed by atoms with E-state index in [2.05, 4.69) is 37.5 Å². The summed E-state index contributed by atoms with van der Waals surface area (Å²) in [6.07, 6.45) is 8.16. The first kappa shape index (κ1) is 12.9. The Bertz CT molecular complexity index is 616. The van der Waals surface area contributed by atoms with E-state index in [1.807, 2.05) is 0 Å². The minimum absolute atomic E-state index is 0.574. The second kappa shape index (κ2) is 5.16. The van der Waals surface area contributed by atoms with Gasteiger partial charge >= 0.3 is 0 Å². The molecule has 2 aliphatic rings. The van der Waals surface area contributed by atoms with Gasteiger partial charge in [0.25, 0.3) is 0 Å². The van der Waals surface area contributed by atoms with E-state index in [4.69, 9.17) is 0 Å². The molecule has 6 nitrogen and oxygen atoms in total. The second-order valence-corrected chi connectivity index (χ2v) is 6.27. The van der Waals surface area contributed by atoms with E-state index in [0.29, 0.717) is 12.0 Å². The minimum Gasteiger partial charge on any atom is -0.365 e. The number of imidazole rings is 1. The SMILES string of the molecule is CCCNc1nc(NC(C2CC2)C2CC2)c2[nH]cnc2n1. The summed E-state index contributed by atoms with van der Waals surface area (Å²) in [5.74, 6) is 3.24. The zero-order chi connectivity index (χ0) is 14.2. The molecule has 2 aromatic heterocycles. The van der Waals surface area contributed by atoms with Crippen molar-refractivity contribution >= 4 is 22.9 Å². The van der Waals surface area contributed by atoms with Crippen LogP contribution in [0.2, 0.25) is 0 Å². The lowest BCUT2D eigenvalue weighted by molar-refractivity contribution is 0.566. The predicted octanol–water partition coefficient (Wildman–Crippen LogP) is 2.78. The number of aromatic amines is 1. The van der Waals surface area contributed by atoms with Crippen LogP contribution in [0.25, 0.3) is 11.2 Å². The molecule has 2 saturated carbocycles. The van der Waals surface area contributed by atoms with Crippen molar-refractivity contribution in [3.05, 3.63) is 6.33 Å². The van der Waals surface area contributed by atoms with Gasteiger partial charge in [0.15, 0.2) is 11.5 Å². The van der Waals surface area contributed by atoms with E-state index in [9.17, 15) is 0 Å². The summed E-state index contributed by atoms with van der Waals surface area (Å²) in [5.41, 5.74) is 1.65. The summed E-state index contributed by atoms with van der Waals surface area (Å²) in [5, 5.41) is 6.95. The zero-order valence-electron chi connectivity index (χ0n) is 12.4. The van der Waals surface area contributed by atoms with Gasteiger partial charge in [-0.15, -0.1) is 0 Å². The second-order valence-electron chi connectivity index (χ2n) is 6.27. The van der Waals surface area contributed by atoms with Crippen molar-refractivity contribution in [3.8, 4) is 0 Å². The van der Waals surface area contributed by atoms with E-state index in [1.54, 1.807) is 6.33 Å². The lowest BCUT2D eigenvalue weighted by Gasteiger charge is -2.19. The number of nitrogens with one attached hydrogen (secondary N) is 3. The molecule has 2 fully saturated rings. The third-order valence-corrected chi connectivity index (χ3v) is 4.38. The van der Waals surface area contributed by atoms with Gasteiger partial charge in [0, 0.05) is 12.6 Å². The molecule has 3 N–H and O–H groups in total. The molecule has 0 amide bonds. The highest BCUT2D eigenvalue weighted by Gasteiger charge is 2.41. The minimum atomic E-state index is 0.574. The lowest BCUT2D eigenvalue weighted by Crippen LogP contribution is -2.25. The van der Waals surface area contributed by atoms with Crippen LogP contribution in [0.3, 0.4) is 0 Å². The highest BCUT2D eigenvalue weighted by atomic mass is 15.2. The van der Waals surface area contributed by atoms with Crippen molar-refractivity contribution in [2.45, 2.75) is 45.1 Å². The van der Waals surface area contributed by atoms with Crippen molar-refractivity contribution in [1.82, 2.24) is 19.9 Å². The Morgan fingerprint density at radius 3 is 2.67 bits per heavy atom. The van der Waals surface area contributed by atoms with Crippen molar-refractivity contribution < 1.29 is 0 Å². The van der Waals surface area contributed by atoms with E-state index in [-0.39, 0.29) is 0 Å². The van der Waals surface area contributed by atoms with E-state index < -0.39 is 0 Å². The van der Waals surface area contributed by atoms with E-state index in [0.717, 1.165) is 41.8 Å². The molecule has 0 radical (unpaired) electrons. The van der Waals surface area contributed by atoms with Gasteiger partial charge in [0.2, 0.25) is 5.95 Å². The van der Waals surface area contributed by atoms with Gasteiger partial charge in [-0.25, -0.2) is 4.98 Å². The van der Waals surface area contributed by atoms with E-state index in [1.165, 1.54) is 25.7 Å². The molecule has 2 aliphatic carbocycles. The molecule has 21 heavy (non-hydrogen) atoms. The van der Waals surface area contributed by atoms with Crippen LogP contribution in [0.4, 0.5) is 11.8 Å². The lowest BCUT2D eigenvalue weighted by atomic mass is 10.1. The summed E-state index contributed by atoms with van der Waals surface area (Å²) < 4.78 is 0. The number of anilines is 2. The van der Waals surface area contributed by atoms with Crippen LogP contribution in [0.15, 0.2) is 6.33 Å². The molecule has 112 valence electrons. The number of nitrogens with zero attached hydrogens (tertiary/aromatic N) is 3. The first-order valence-electron chi connectivity index (χ1n) is 8.06. The standard InChI is InChI=1S/C15H22N6/c1-2-7-16-15-20-13-12(17-8-18-13)14(21-15)19-11(9-3-4-9)10-5-6-10/h8-11H,2-7H2,1H3,(H3,16,17,18,19,20,21). The number of rotatable bonds is 7. The monoisotopic (exact) mass is 286 g/mol. The van der Waals surface area contributed by atoms with Gasteiger partial charge in [0.05, 0.1) is 6.33 Å². The van der Waals surface area contributed by atoms with Gasteiger partial charge in [-0.3, -0.25) is 0 Å². The number of hydrogen-bond acceptors (Lipinski definition) is 5. The first-order chi connectivity index (χ1) is 10.3. The molecule has 6 heteroatoms. The van der Waals surface area contributed by atoms with Crippen molar-refractivity contribution in [2.24, 2.45) is 11.8 Å². The van der Waals surface area contributed by atoms with Crippen LogP contribution < -0.4 is 10.6 Å². The van der Waals surface area contributed by atoms with E-state index >= 15 is 0 Å². The van der Waals surface area contributed by atoms with Crippen molar-refractivity contribution in [2.75, 3.05) is 17.2 Å². The van der Waals surface area contributed by atoms with Crippen LogP contribution in [0.1, 0.15) is 39.0 Å². The molecule has 0 bridgehead atoms. The average molecular weight is 286 g/mol. The Balaban J connectivity index is 1.63. The van der Waals surface area contributed by atoms with Crippen molar-refractivity contribution in [1.29, 1.82) is 0 Å². The van der Waals surface area contributed by atoms with Crippen LogP contribution >= 0.6 is 0 Å². The topological polar surface area (TPSA) is 78.5 Å². The molecule has 0 saturated heterocycles. The maximum atomic E-state index is 4.67. The third kappa shape index (κ3) is 2.66. The van der Waals surface area contributed by atoms with Gasteiger partial charge in [-0.05, 0) is 43.9 Å². The number of aromatic nitrogens is 4. The number of H-pyrrole nitrogens is 1. The number of hydrogen-bond donors (Lipinski definition) is 3. The van der Waals surface area contributed by atoms with Crippen LogP contribution in [0, 0.1) is 11.8 Å². The van der Waals surface area contributed by atoms with Gasteiger partial charge in [-0.2, -0.15) is 9.97 Å². The summed E-state index contributed by atoms with van der Waals surface area (Å²) >= 11 is 0. The molecule has 0 aromatic carbocycles. The Hall–Kier alpha value is -1.85. The third-order valence-electron chi connectivity index (χ3n) is 4.38. The summed E-state index contributed by atoms with van der Waals surface area (Å²) in [6, 6.07) is 0.574. The first-order valence-corrected chi connectivity index (χ1v) is 8.06. The molecule has 0 unspecified atom stereocenters. The highest BCUT2D eigenvalue weighted by Crippen LogP contribution is 2.46. The fourth-order valence-electron chi connectivity index (χ4n) is 2.94. The molecule has 0 aliphatic heterocycles. The Kier molecular flexibility index (Phi) is 3.16. The molecule has 2 aromatic rings. The number of fused-ring (bicyclic) bond motifs is 1. The Labute approximate surface area is 124 Å². The molecule has 0 atom stereocenters. The Morgan fingerprint density at radius 2 is 2.00 bits per heavy atom. The molecule has 2 heterocycles. The fraction of sp³-hybridized carbons (Fsp3) is 0.667. The summed E-state index contributed by atoms with van der Waals surface area (Å²) in [6.45, 7) is 3.01. The average Bonchev–Trinajstić information content (AvgIpc) is 3.40. The van der Waals surface area contributed by atoms with Crippen LogP contribution in [0.5, 0.6) is 0 Å². The zero-order valence-corrected chi connectivity index (χ0v) is 12.4. The predicted molar refractivity (Wildman–Crippen MR) is 83.3 cm³/mol. The largest absolute Gasteiger partial charge is 0.365 e.